The molecule has 0 heterocycles. The van der Waals surface area contributed by atoms with Crippen molar-refractivity contribution in [3.63, 3.8) is 0 Å². The maximum Gasteiger partial charge on any atom is 0.0357 e. The Kier molecular flexibility index (Phi) is 3.83. The van der Waals surface area contributed by atoms with Gasteiger partial charge < -0.3 is 5.32 Å². The van der Waals surface area contributed by atoms with E-state index >= 15 is 0 Å². The van der Waals surface area contributed by atoms with Gasteiger partial charge in [0.15, 0.2) is 0 Å². The molecule has 15 heavy (non-hydrogen) atoms. The van der Waals surface area contributed by atoms with Gasteiger partial charge in [-0.2, -0.15) is 0 Å². The maximum atomic E-state index is 11.0. The highest BCUT2D eigenvalue weighted by atomic mass is 32.2. The summed E-state index contributed by atoms with van der Waals surface area (Å²) in [5.74, 6) is 0.812. The molecular formula is C12H23NOS. The van der Waals surface area contributed by atoms with Crippen LogP contribution in [-0.4, -0.2) is 28.8 Å². The molecular weight excluding hydrogens is 206 g/mol. The van der Waals surface area contributed by atoms with Gasteiger partial charge in [-0.3, -0.25) is 4.21 Å². The largest absolute Gasteiger partial charge is 0.313 e. The van der Waals surface area contributed by atoms with E-state index in [2.05, 4.69) is 5.32 Å². The standard InChI is InChI=1S/C12H23NOS/c1-15(14)10-9-13-11-5-8-12(11)6-3-2-4-7-12/h11,13H,2-10H2,1H3. The van der Waals surface area contributed by atoms with E-state index in [4.69, 9.17) is 0 Å². The second-order valence-corrected chi connectivity index (χ2v) is 6.80. The zero-order valence-corrected chi connectivity index (χ0v) is 10.6. The van der Waals surface area contributed by atoms with Crippen molar-refractivity contribution in [1.82, 2.24) is 5.32 Å². The van der Waals surface area contributed by atoms with Gasteiger partial charge in [-0.25, -0.2) is 0 Å². The number of rotatable bonds is 4. The van der Waals surface area contributed by atoms with Crippen LogP contribution in [0.5, 0.6) is 0 Å². The molecule has 3 heteroatoms. The minimum atomic E-state index is -0.639. The SMILES string of the molecule is CS(=O)CCNC1CCC12CCCCC2. The molecule has 0 aliphatic heterocycles. The van der Waals surface area contributed by atoms with Gasteiger partial charge in [-0.15, -0.1) is 0 Å². The van der Waals surface area contributed by atoms with Gasteiger partial charge in [-0.1, -0.05) is 19.3 Å². The monoisotopic (exact) mass is 229 g/mol. The Morgan fingerprint density at radius 3 is 2.53 bits per heavy atom. The van der Waals surface area contributed by atoms with Crippen molar-refractivity contribution in [2.75, 3.05) is 18.6 Å². The highest BCUT2D eigenvalue weighted by Gasteiger charge is 2.46. The summed E-state index contributed by atoms with van der Waals surface area (Å²) in [6.45, 7) is 0.940. The molecule has 88 valence electrons. The molecule has 0 aromatic carbocycles. The Bertz CT molecular complexity index is 236. The van der Waals surface area contributed by atoms with Crippen molar-refractivity contribution < 1.29 is 4.21 Å². The molecule has 0 bridgehead atoms. The second-order valence-electron chi connectivity index (χ2n) is 5.25. The summed E-state index contributed by atoms with van der Waals surface area (Å²) in [6, 6.07) is 0.737. The molecule has 0 aromatic rings. The van der Waals surface area contributed by atoms with Crippen molar-refractivity contribution in [2.45, 2.75) is 51.0 Å². The Balaban J connectivity index is 1.75. The highest BCUT2D eigenvalue weighted by Crippen LogP contribution is 2.51. The van der Waals surface area contributed by atoms with E-state index in [0.717, 1.165) is 18.3 Å². The molecule has 0 radical (unpaired) electrons. The fraction of sp³-hybridized carbons (Fsp3) is 1.00. The van der Waals surface area contributed by atoms with Gasteiger partial charge in [-0.05, 0) is 31.1 Å². The van der Waals surface area contributed by atoms with E-state index in [0.29, 0.717) is 5.41 Å². The first-order valence-corrected chi connectivity index (χ1v) is 7.99. The van der Waals surface area contributed by atoms with E-state index in [1.165, 1.54) is 44.9 Å². The van der Waals surface area contributed by atoms with E-state index in [-0.39, 0.29) is 0 Å². The van der Waals surface area contributed by atoms with Crippen LogP contribution in [0.1, 0.15) is 44.9 Å². The minimum absolute atomic E-state index is 0.639. The molecule has 2 unspecified atom stereocenters. The fourth-order valence-corrected chi connectivity index (χ4v) is 3.65. The second kappa shape index (κ2) is 4.96. The van der Waals surface area contributed by atoms with E-state index in [9.17, 15) is 4.21 Å². The lowest BCUT2D eigenvalue weighted by molar-refractivity contribution is 0.0244. The molecule has 0 aromatic heterocycles. The van der Waals surface area contributed by atoms with Gasteiger partial charge in [0, 0.05) is 35.4 Å². The number of hydrogen-bond donors (Lipinski definition) is 1. The lowest BCUT2D eigenvalue weighted by Crippen LogP contribution is -2.54. The average Bonchev–Trinajstić information content (AvgIpc) is 2.24. The average molecular weight is 229 g/mol. The first kappa shape index (κ1) is 11.6. The zero-order chi connectivity index (χ0) is 10.7. The van der Waals surface area contributed by atoms with Crippen molar-refractivity contribution in [1.29, 1.82) is 0 Å². The van der Waals surface area contributed by atoms with Crippen LogP contribution in [0.3, 0.4) is 0 Å². The lowest BCUT2D eigenvalue weighted by Gasteiger charge is -2.52. The minimum Gasteiger partial charge on any atom is -0.313 e. The quantitative estimate of drug-likeness (QED) is 0.799. The summed E-state index contributed by atoms with van der Waals surface area (Å²) in [4.78, 5) is 0. The summed E-state index contributed by atoms with van der Waals surface area (Å²) in [5, 5.41) is 3.62. The van der Waals surface area contributed by atoms with Crippen molar-refractivity contribution in [3.8, 4) is 0 Å². The third-order valence-electron chi connectivity index (χ3n) is 4.30. The zero-order valence-electron chi connectivity index (χ0n) is 9.76. The van der Waals surface area contributed by atoms with Crippen molar-refractivity contribution in [2.24, 2.45) is 5.41 Å². The predicted molar refractivity (Wildman–Crippen MR) is 65.5 cm³/mol. The molecule has 0 saturated heterocycles. The van der Waals surface area contributed by atoms with Gasteiger partial charge in [0.05, 0.1) is 0 Å². The normalized spacial score (nSPS) is 31.1. The van der Waals surface area contributed by atoms with Crippen LogP contribution in [-0.2, 0) is 10.8 Å². The van der Waals surface area contributed by atoms with E-state index in [1.807, 2.05) is 0 Å². The topological polar surface area (TPSA) is 29.1 Å². The fourth-order valence-electron chi connectivity index (χ4n) is 3.25. The number of nitrogens with one attached hydrogen (secondary N) is 1. The smallest absolute Gasteiger partial charge is 0.0357 e. The van der Waals surface area contributed by atoms with Gasteiger partial charge in [0.1, 0.15) is 0 Å². The summed E-state index contributed by atoms with van der Waals surface area (Å²) >= 11 is 0. The summed E-state index contributed by atoms with van der Waals surface area (Å²) in [7, 11) is -0.639. The summed E-state index contributed by atoms with van der Waals surface area (Å²) in [6.07, 6.45) is 11.7. The molecule has 2 fully saturated rings. The molecule has 1 spiro atoms. The number of hydrogen-bond acceptors (Lipinski definition) is 2. The first-order chi connectivity index (χ1) is 7.23. The molecule has 2 nitrogen and oxygen atoms in total. The predicted octanol–water partition coefficient (Wildman–Crippen LogP) is 2.07. The molecule has 2 rings (SSSR count). The van der Waals surface area contributed by atoms with Crippen LogP contribution >= 0.6 is 0 Å². The molecule has 2 atom stereocenters. The third-order valence-corrected chi connectivity index (χ3v) is 5.08. The highest BCUT2D eigenvalue weighted by molar-refractivity contribution is 7.84. The van der Waals surface area contributed by atoms with Crippen LogP contribution in [0.2, 0.25) is 0 Å². The van der Waals surface area contributed by atoms with Crippen LogP contribution in [0, 0.1) is 5.41 Å². The van der Waals surface area contributed by atoms with Crippen LogP contribution < -0.4 is 5.32 Å². The van der Waals surface area contributed by atoms with Crippen molar-refractivity contribution >= 4 is 10.8 Å². The summed E-state index contributed by atoms with van der Waals surface area (Å²) < 4.78 is 11.0. The lowest BCUT2D eigenvalue weighted by atomic mass is 9.57. The third kappa shape index (κ3) is 2.62. The van der Waals surface area contributed by atoms with Crippen LogP contribution in [0.4, 0.5) is 0 Å². The molecule has 1 N–H and O–H groups in total. The van der Waals surface area contributed by atoms with Crippen molar-refractivity contribution in [3.05, 3.63) is 0 Å². The Hall–Kier alpha value is 0.110. The molecule has 2 saturated carbocycles. The van der Waals surface area contributed by atoms with Gasteiger partial charge >= 0.3 is 0 Å². The van der Waals surface area contributed by atoms with Crippen LogP contribution in [0.15, 0.2) is 0 Å². The van der Waals surface area contributed by atoms with Gasteiger partial charge in [0.25, 0.3) is 0 Å². The molecule has 2 aliphatic carbocycles. The van der Waals surface area contributed by atoms with E-state index in [1.54, 1.807) is 6.26 Å². The summed E-state index contributed by atoms with van der Waals surface area (Å²) in [5.41, 5.74) is 0.646. The molecule has 2 aliphatic rings. The molecule has 0 amide bonds. The van der Waals surface area contributed by atoms with E-state index < -0.39 is 10.8 Å². The Morgan fingerprint density at radius 1 is 1.27 bits per heavy atom. The maximum absolute atomic E-state index is 11.0. The first-order valence-electron chi connectivity index (χ1n) is 6.26. The Labute approximate surface area is 95.7 Å². The Morgan fingerprint density at radius 2 is 2.00 bits per heavy atom. The van der Waals surface area contributed by atoms with Gasteiger partial charge in [0.2, 0.25) is 0 Å². The van der Waals surface area contributed by atoms with Crippen LogP contribution in [0.25, 0.3) is 0 Å².